The van der Waals surface area contributed by atoms with E-state index in [2.05, 4.69) is 23.2 Å². The Balaban J connectivity index is 1.66. The summed E-state index contributed by atoms with van der Waals surface area (Å²) in [6.45, 7) is 1.89. The number of aromatic amines is 1. The topological polar surface area (TPSA) is 53.2 Å². The van der Waals surface area contributed by atoms with Crippen LogP contribution in [0.25, 0.3) is 0 Å². The van der Waals surface area contributed by atoms with Crippen molar-refractivity contribution in [1.29, 1.82) is 0 Å². The van der Waals surface area contributed by atoms with E-state index in [9.17, 15) is 9.59 Å². The normalized spacial score (nSPS) is 19.1. The third-order valence-electron chi connectivity index (χ3n) is 5.54. The number of hydrogen-bond donors (Lipinski definition) is 1. The van der Waals surface area contributed by atoms with E-state index in [0.29, 0.717) is 12.1 Å². The van der Waals surface area contributed by atoms with E-state index >= 15 is 0 Å². The molecule has 0 radical (unpaired) electrons. The van der Waals surface area contributed by atoms with Gasteiger partial charge >= 0.3 is 0 Å². The lowest BCUT2D eigenvalue weighted by Gasteiger charge is -2.25. The molecule has 1 unspecified atom stereocenters. The fraction of sp³-hybridized carbons (Fsp3) is 0.400. The number of carbonyl (C=O) groups is 2. The minimum absolute atomic E-state index is 0.0172. The molecule has 1 aromatic carbocycles. The van der Waals surface area contributed by atoms with Gasteiger partial charge in [0.15, 0.2) is 5.78 Å². The molecule has 2 aliphatic carbocycles. The molecule has 0 bridgehead atoms. The number of benzene rings is 1. The van der Waals surface area contributed by atoms with Crippen molar-refractivity contribution < 1.29 is 9.59 Å². The fourth-order valence-electron chi connectivity index (χ4n) is 4.24. The van der Waals surface area contributed by atoms with E-state index in [1.807, 2.05) is 24.9 Å². The summed E-state index contributed by atoms with van der Waals surface area (Å²) in [5, 5.41) is 0. The Morgan fingerprint density at radius 2 is 2.00 bits per heavy atom. The summed E-state index contributed by atoms with van der Waals surface area (Å²) in [6.07, 6.45) is 4.28. The molecule has 0 spiro atoms. The minimum Gasteiger partial charge on any atom is -0.354 e. The molecule has 0 saturated heterocycles. The van der Waals surface area contributed by atoms with E-state index < -0.39 is 0 Å². The number of fused-ring (bicyclic) bond motifs is 2. The highest BCUT2D eigenvalue weighted by Gasteiger charge is 2.32. The Labute approximate surface area is 141 Å². The number of ketones is 1. The van der Waals surface area contributed by atoms with E-state index in [0.717, 1.165) is 42.5 Å². The van der Waals surface area contributed by atoms with Crippen LogP contribution in [0.3, 0.4) is 0 Å². The van der Waals surface area contributed by atoms with Crippen molar-refractivity contribution in [3.8, 4) is 0 Å². The molecule has 2 aromatic rings. The van der Waals surface area contributed by atoms with Crippen molar-refractivity contribution in [3.63, 3.8) is 0 Å². The van der Waals surface area contributed by atoms with Crippen molar-refractivity contribution in [3.05, 3.63) is 57.9 Å². The first-order valence-electron chi connectivity index (χ1n) is 8.67. The molecule has 1 heterocycles. The lowest BCUT2D eigenvalue weighted by Crippen LogP contribution is -2.30. The van der Waals surface area contributed by atoms with Gasteiger partial charge in [0.25, 0.3) is 5.91 Å². The average molecular weight is 322 g/mol. The highest BCUT2D eigenvalue weighted by Crippen LogP contribution is 2.36. The van der Waals surface area contributed by atoms with Gasteiger partial charge in [-0.15, -0.1) is 0 Å². The molecular formula is C20H22N2O2. The molecular weight excluding hydrogens is 300 g/mol. The predicted molar refractivity (Wildman–Crippen MR) is 92.4 cm³/mol. The van der Waals surface area contributed by atoms with Crippen molar-refractivity contribution in [2.75, 3.05) is 7.05 Å². The number of aromatic nitrogens is 1. The second kappa shape index (κ2) is 5.62. The Bertz CT molecular complexity index is 834. The SMILES string of the molecule is Cc1c(C(=O)N(C)C2CCc3ccccc32)[nH]c2c1C(=O)CCC2. The van der Waals surface area contributed by atoms with Crippen LogP contribution in [0.4, 0.5) is 0 Å². The summed E-state index contributed by atoms with van der Waals surface area (Å²) in [6, 6.07) is 8.46. The lowest BCUT2D eigenvalue weighted by molar-refractivity contribution is 0.0724. The Morgan fingerprint density at radius 1 is 1.21 bits per heavy atom. The molecule has 4 rings (SSSR count). The maximum absolute atomic E-state index is 13.1. The number of hydrogen-bond acceptors (Lipinski definition) is 2. The van der Waals surface area contributed by atoms with Crippen molar-refractivity contribution in [2.24, 2.45) is 0 Å². The van der Waals surface area contributed by atoms with Crippen LogP contribution >= 0.6 is 0 Å². The molecule has 0 fully saturated rings. The van der Waals surface area contributed by atoms with E-state index in [1.54, 1.807) is 0 Å². The van der Waals surface area contributed by atoms with Gasteiger partial charge in [0.2, 0.25) is 0 Å². The highest BCUT2D eigenvalue weighted by molar-refractivity contribution is 6.04. The Kier molecular flexibility index (Phi) is 3.56. The Morgan fingerprint density at radius 3 is 2.79 bits per heavy atom. The van der Waals surface area contributed by atoms with Crippen molar-refractivity contribution in [1.82, 2.24) is 9.88 Å². The maximum atomic E-state index is 13.1. The van der Waals surface area contributed by atoms with Gasteiger partial charge in [0.1, 0.15) is 5.69 Å². The van der Waals surface area contributed by atoms with Gasteiger partial charge < -0.3 is 9.88 Å². The van der Waals surface area contributed by atoms with Crippen LogP contribution < -0.4 is 0 Å². The van der Waals surface area contributed by atoms with Crippen LogP contribution in [0.5, 0.6) is 0 Å². The number of rotatable bonds is 2. The molecule has 1 N–H and O–H groups in total. The van der Waals surface area contributed by atoms with Crippen LogP contribution in [-0.4, -0.2) is 28.6 Å². The summed E-state index contributed by atoms with van der Waals surface area (Å²) in [7, 11) is 1.87. The number of nitrogens with zero attached hydrogens (tertiary/aromatic N) is 1. The molecule has 4 heteroatoms. The monoisotopic (exact) mass is 322 g/mol. The van der Waals surface area contributed by atoms with Crippen LogP contribution in [0.2, 0.25) is 0 Å². The van der Waals surface area contributed by atoms with Gasteiger partial charge in [0.05, 0.1) is 6.04 Å². The van der Waals surface area contributed by atoms with Crippen LogP contribution in [0, 0.1) is 6.92 Å². The van der Waals surface area contributed by atoms with Crippen LogP contribution in [0.1, 0.15) is 68.5 Å². The number of nitrogens with one attached hydrogen (secondary N) is 1. The van der Waals surface area contributed by atoms with Gasteiger partial charge in [-0.05, 0) is 49.3 Å². The standard InChI is InChI=1S/C20H22N2O2/c1-12-18-15(8-5-9-17(18)23)21-19(12)20(24)22(2)16-11-10-13-6-3-4-7-14(13)16/h3-4,6-7,16,21H,5,8-11H2,1-2H3. The molecule has 1 amide bonds. The second-order valence-corrected chi connectivity index (χ2v) is 6.92. The first-order valence-corrected chi connectivity index (χ1v) is 8.67. The zero-order chi connectivity index (χ0) is 16.8. The van der Waals surface area contributed by atoms with Crippen LogP contribution in [0.15, 0.2) is 24.3 Å². The summed E-state index contributed by atoms with van der Waals surface area (Å²) in [5.41, 5.74) is 5.68. The van der Waals surface area contributed by atoms with Crippen molar-refractivity contribution in [2.45, 2.75) is 45.1 Å². The zero-order valence-corrected chi connectivity index (χ0v) is 14.2. The van der Waals surface area contributed by atoms with Crippen molar-refractivity contribution >= 4 is 11.7 Å². The summed E-state index contributed by atoms with van der Waals surface area (Å²) in [5.74, 6) is 0.148. The second-order valence-electron chi connectivity index (χ2n) is 6.92. The Hall–Kier alpha value is -2.36. The fourth-order valence-corrected chi connectivity index (χ4v) is 4.24. The molecule has 0 aliphatic heterocycles. The number of amides is 1. The zero-order valence-electron chi connectivity index (χ0n) is 14.2. The van der Waals surface area contributed by atoms with Gasteiger partial charge in [-0.25, -0.2) is 0 Å². The van der Waals surface area contributed by atoms with Gasteiger partial charge in [-0.1, -0.05) is 24.3 Å². The molecule has 4 nitrogen and oxygen atoms in total. The summed E-state index contributed by atoms with van der Waals surface area (Å²) >= 11 is 0. The van der Waals surface area contributed by atoms with Gasteiger partial charge in [-0.3, -0.25) is 9.59 Å². The number of Topliss-reactive ketones (excluding diaryl/α,β-unsaturated/α-hetero) is 1. The van der Waals surface area contributed by atoms with E-state index in [4.69, 9.17) is 0 Å². The van der Waals surface area contributed by atoms with E-state index in [-0.39, 0.29) is 17.7 Å². The largest absolute Gasteiger partial charge is 0.354 e. The third-order valence-corrected chi connectivity index (χ3v) is 5.54. The minimum atomic E-state index is -0.0172. The van der Waals surface area contributed by atoms with E-state index in [1.165, 1.54) is 11.1 Å². The summed E-state index contributed by atoms with van der Waals surface area (Å²) in [4.78, 5) is 30.3. The van der Waals surface area contributed by atoms with Gasteiger partial charge in [-0.2, -0.15) is 0 Å². The van der Waals surface area contributed by atoms with Crippen LogP contribution in [-0.2, 0) is 12.8 Å². The van der Waals surface area contributed by atoms with Gasteiger partial charge in [0, 0.05) is 24.7 Å². The maximum Gasteiger partial charge on any atom is 0.270 e. The highest BCUT2D eigenvalue weighted by atomic mass is 16.2. The molecule has 1 aromatic heterocycles. The first-order chi connectivity index (χ1) is 11.6. The smallest absolute Gasteiger partial charge is 0.270 e. The molecule has 24 heavy (non-hydrogen) atoms. The summed E-state index contributed by atoms with van der Waals surface area (Å²) < 4.78 is 0. The molecule has 0 saturated carbocycles. The average Bonchev–Trinajstić information content (AvgIpc) is 3.16. The quantitative estimate of drug-likeness (QED) is 0.918. The number of H-pyrrole nitrogens is 1. The lowest BCUT2D eigenvalue weighted by atomic mass is 9.93. The molecule has 124 valence electrons. The number of aryl methyl sites for hydroxylation is 2. The molecule has 2 aliphatic rings. The molecule has 1 atom stereocenters. The number of carbonyl (C=O) groups excluding carboxylic acids is 2. The first kappa shape index (κ1) is 15.2. The third kappa shape index (κ3) is 2.20. The predicted octanol–water partition coefficient (Wildman–Crippen LogP) is 3.60.